The lowest BCUT2D eigenvalue weighted by molar-refractivity contribution is -0.137. The SMILES string of the molecule is Cn1cnc(S(=O)(=O)N2C[C@H](NCc3ccc(C(F)(F)F)cn3)[C@@H](c3ccccc3)C2)c1. The first-order valence-corrected chi connectivity index (χ1v) is 11.4. The number of alkyl halides is 3. The van der Waals surface area contributed by atoms with Crippen LogP contribution < -0.4 is 5.32 Å². The summed E-state index contributed by atoms with van der Waals surface area (Å²) in [7, 11) is -2.08. The van der Waals surface area contributed by atoms with Gasteiger partial charge < -0.3 is 9.88 Å². The second-order valence-electron chi connectivity index (χ2n) is 7.74. The lowest BCUT2D eigenvalue weighted by atomic mass is 9.94. The Bertz CT molecular complexity index is 1160. The molecule has 1 aromatic carbocycles. The van der Waals surface area contributed by atoms with E-state index in [-0.39, 0.29) is 36.6 Å². The molecule has 170 valence electrons. The number of pyridine rings is 1. The van der Waals surface area contributed by atoms with Gasteiger partial charge in [-0.2, -0.15) is 17.5 Å². The van der Waals surface area contributed by atoms with Gasteiger partial charge in [-0.3, -0.25) is 4.98 Å². The van der Waals surface area contributed by atoms with Crippen molar-refractivity contribution >= 4 is 10.0 Å². The van der Waals surface area contributed by atoms with Gasteiger partial charge in [-0.25, -0.2) is 13.4 Å². The molecule has 2 aromatic heterocycles. The van der Waals surface area contributed by atoms with Crippen molar-refractivity contribution in [1.29, 1.82) is 0 Å². The third-order valence-corrected chi connectivity index (χ3v) is 7.21. The van der Waals surface area contributed by atoms with Crippen LogP contribution in [0.25, 0.3) is 0 Å². The fraction of sp³-hybridized carbons (Fsp3) is 0.333. The largest absolute Gasteiger partial charge is 0.417 e. The quantitative estimate of drug-likeness (QED) is 0.606. The van der Waals surface area contributed by atoms with E-state index in [0.717, 1.165) is 17.8 Å². The summed E-state index contributed by atoms with van der Waals surface area (Å²) in [5, 5.41) is 3.27. The van der Waals surface area contributed by atoms with Gasteiger partial charge in [0.15, 0.2) is 5.03 Å². The van der Waals surface area contributed by atoms with Gasteiger partial charge in [0.25, 0.3) is 10.0 Å². The van der Waals surface area contributed by atoms with Gasteiger partial charge in [-0.15, -0.1) is 0 Å². The topological polar surface area (TPSA) is 80.1 Å². The summed E-state index contributed by atoms with van der Waals surface area (Å²) in [4.78, 5) is 7.88. The molecule has 11 heteroatoms. The lowest BCUT2D eigenvalue weighted by Gasteiger charge is -2.20. The maximum absolute atomic E-state index is 13.1. The van der Waals surface area contributed by atoms with Crippen LogP contribution in [0.4, 0.5) is 13.2 Å². The number of nitrogens with one attached hydrogen (secondary N) is 1. The number of aromatic nitrogens is 3. The number of halogens is 3. The summed E-state index contributed by atoms with van der Waals surface area (Å²) >= 11 is 0. The normalized spacial score (nSPS) is 20.0. The molecule has 4 rings (SSSR count). The van der Waals surface area contributed by atoms with Gasteiger partial charge in [0.2, 0.25) is 0 Å². The molecular weight excluding hydrogens is 443 g/mol. The predicted molar refractivity (Wildman–Crippen MR) is 111 cm³/mol. The van der Waals surface area contributed by atoms with Crippen LogP contribution in [0.5, 0.6) is 0 Å². The Morgan fingerprint density at radius 2 is 1.84 bits per heavy atom. The predicted octanol–water partition coefficient (Wildman–Crippen LogP) is 2.78. The van der Waals surface area contributed by atoms with Crippen LogP contribution >= 0.6 is 0 Å². The summed E-state index contributed by atoms with van der Waals surface area (Å²) < 4.78 is 67.4. The fourth-order valence-corrected chi connectivity index (χ4v) is 5.25. The number of sulfonamides is 1. The van der Waals surface area contributed by atoms with E-state index in [1.165, 1.54) is 22.9 Å². The Labute approximate surface area is 184 Å². The summed E-state index contributed by atoms with van der Waals surface area (Å²) in [6, 6.07) is 11.6. The number of imidazole rings is 1. The van der Waals surface area contributed by atoms with E-state index in [9.17, 15) is 21.6 Å². The van der Waals surface area contributed by atoms with E-state index in [1.54, 1.807) is 11.6 Å². The smallest absolute Gasteiger partial charge is 0.339 e. The van der Waals surface area contributed by atoms with Crippen LogP contribution in [0.3, 0.4) is 0 Å². The molecule has 0 amide bonds. The monoisotopic (exact) mass is 465 g/mol. The number of hydrogen-bond donors (Lipinski definition) is 1. The Balaban J connectivity index is 1.53. The highest BCUT2D eigenvalue weighted by Gasteiger charge is 2.40. The maximum atomic E-state index is 13.1. The zero-order chi connectivity index (χ0) is 22.9. The van der Waals surface area contributed by atoms with Crippen LogP contribution in [0.1, 0.15) is 22.7 Å². The summed E-state index contributed by atoms with van der Waals surface area (Å²) in [5.41, 5.74) is 0.608. The minimum absolute atomic E-state index is 0.0168. The third-order valence-electron chi connectivity index (χ3n) is 5.50. The first kappa shape index (κ1) is 22.4. The van der Waals surface area contributed by atoms with E-state index in [2.05, 4.69) is 15.3 Å². The molecule has 0 aliphatic carbocycles. The molecule has 2 atom stereocenters. The van der Waals surface area contributed by atoms with E-state index >= 15 is 0 Å². The molecule has 1 saturated heterocycles. The summed E-state index contributed by atoms with van der Waals surface area (Å²) in [6.07, 6.45) is -0.745. The van der Waals surface area contributed by atoms with Crippen LogP contribution in [0.2, 0.25) is 0 Å². The number of hydrogen-bond acceptors (Lipinski definition) is 5. The highest BCUT2D eigenvalue weighted by atomic mass is 32.2. The molecule has 1 aliphatic rings. The van der Waals surface area contributed by atoms with Crippen molar-refractivity contribution in [3.05, 3.63) is 78.0 Å². The first-order valence-electron chi connectivity index (χ1n) is 9.93. The van der Waals surface area contributed by atoms with Crippen molar-refractivity contribution in [3.63, 3.8) is 0 Å². The molecule has 0 bridgehead atoms. The highest BCUT2D eigenvalue weighted by Crippen LogP contribution is 2.32. The summed E-state index contributed by atoms with van der Waals surface area (Å²) in [5.74, 6) is -0.135. The van der Waals surface area contributed by atoms with Gasteiger partial charge in [-0.1, -0.05) is 30.3 Å². The second-order valence-corrected chi connectivity index (χ2v) is 9.62. The number of benzene rings is 1. The average Bonchev–Trinajstić information content (AvgIpc) is 3.40. The van der Waals surface area contributed by atoms with E-state index < -0.39 is 21.8 Å². The number of rotatable bonds is 6. The first-order chi connectivity index (χ1) is 15.1. The van der Waals surface area contributed by atoms with Crippen LogP contribution in [-0.4, -0.2) is 46.4 Å². The minimum Gasteiger partial charge on any atom is -0.339 e. The van der Waals surface area contributed by atoms with Crippen molar-refractivity contribution in [2.45, 2.75) is 29.7 Å². The van der Waals surface area contributed by atoms with Crippen molar-refractivity contribution in [3.8, 4) is 0 Å². The van der Waals surface area contributed by atoms with E-state index in [0.29, 0.717) is 5.69 Å². The zero-order valence-electron chi connectivity index (χ0n) is 17.2. The highest BCUT2D eigenvalue weighted by molar-refractivity contribution is 7.89. The number of nitrogens with zero attached hydrogens (tertiary/aromatic N) is 4. The molecule has 0 spiro atoms. The molecule has 0 radical (unpaired) electrons. The Kier molecular flexibility index (Phi) is 6.06. The Morgan fingerprint density at radius 3 is 2.44 bits per heavy atom. The van der Waals surface area contributed by atoms with Crippen molar-refractivity contribution in [1.82, 2.24) is 24.2 Å². The molecule has 1 aliphatic heterocycles. The molecule has 32 heavy (non-hydrogen) atoms. The average molecular weight is 466 g/mol. The van der Waals surface area contributed by atoms with Gasteiger partial charge in [0.1, 0.15) is 0 Å². The second kappa shape index (κ2) is 8.64. The van der Waals surface area contributed by atoms with Crippen molar-refractivity contribution < 1.29 is 21.6 Å². The van der Waals surface area contributed by atoms with Crippen LogP contribution in [0.15, 0.2) is 66.2 Å². The molecule has 3 heterocycles. The van der Waals surface area contributed by atoms with Gasteiger partial charge in [-0.05, 0) is 17.7 Å². The zero-order valence-corrected chi connectivity index (χ0v) is 18.0. The summed E-state index contributed by atoms with van der Waals surface area (Å²) in [6.45, 7) is 0.684. The van der Waals surface area contributed by atoms with E-state index in [1.807, 2.05) is 30.3 Å². The Morgan fingerprint density at radius 1 is 1.09 bits per heavy atom. The van der Waals surface area contributed by atoms with Crippen molar-refractivity contribution in [2.75, 3.05) is 13.1 Å². The molecular formula is C21H22F3N5O2S. The minimum atomic E-state index is -4.44. The van der Waals surface area contributed by atoms with E-state index in [4.69, 9.17) is 0 Å². The molecule has 7 nitrogen and oxygen atoms in total. The molecule has 3 aromatic rings. The number of aryl methyl sites for hydroxylation is 1. The Hall–Kier alpha value is -2.76. The molecule has 0 saturated carbocycles. The molecule has 0 unspecified atom stereocenters. The lowest BCUT2D eigenvalue weighted by Crippen LogP contribution is -2.36. The third kappa shape index (κ3) is 4.69. The van der Waals surface area contributed by atoms with Crippen molar-refractivity contribution in [2.24, 2.45) is 7.05 Å². The molecule has 1 fully saturated rings. The van der Waals surface area contributed by atoms with Gasteiger partial charge in [0, 0.05) is 51.0 Å². The van der Waals surface area contributed by atoms with Gasteiger partial charge in [0.05, 0.1) is 17.6 Å². The fourth-order valence-electron chi connectivity index (χ4n) is 3.80. The molecule has 1 N–H and O–H groups in total. The van der Waals surface area contributed by atoms with Gasteiger partial charge >= 0.3 is 6.18 Å². The maximum Gasteiger partial charge on any atom is 0.417 e. The standard InChI is InChI=1S/C21H22F3N5O2S/c1-28-13-20(27-14-28)32(30,31)29-11-18(15-5-3-2-4-6-15)19(12-29)26-10-17-8-7-16(9-25-17)21(22,23)24/h2-9,13-14,18-19,26H,10-12H2,1H3/t18-,19+/m1/s1. The van der Waals surface area contributed by atoms with Crippen LogP contribution in [-0.2, 0) is 29.8 Å². The van der Waals surface area contributed by atoms with Crippen LogP contribution in [0, 0.1) is 0 Å².